The summed E-state index contributed by atoms with van der Waals surface area (Å²) < 4.78 is 5.32. The Morgan fingerprint density at radius 3 is 2.77 bits per heavy atom. The third-order valence-corrected chi connectivity index (χ3v) is 5.01. The van der Waals surface area contributed by atoms with Crippen LogP contribution in [-0.4, -0.2) is 79.1 Å². The second-order valence-corrected chi connectivity index (χ2v) is 7.17. The lowest BCUT2D eigenvalue weighted by molar-refractivity contribution is 0.0383. The van der Waals surface area contributed by atoms with E-state index < -0.39 is 0 Å². The lowest BCUT2D eigenvalue weighted by atomic mass is 9.99. The van der Waals surface area contributed by atoms with Gasteiger partial charge in [0.05, 0.1) is 24.3 Å². The molecule has 2 aliphatic heterocycles. The highest BCUT2D eigenvalue weighted by Gasteiger charge is 2.23. The van der Waals surface area contributed by atoms with Crippen LogP contribution in [0.15, 0.2) is 18.5 Å². The van der Waals surface area contributed by atoms with Crippen LogP contribution in [0.5, 0.6) is 0 Å². The second kappa shape index (κ2) is 9.09. The second-order valence-electron chi connectivity index (χ2n) is 7.17. The zero-order chi connectivity index (χ0) is 18.4. The van der Waals surface area contributed by atoms with E-state index in [4.69, 9.17) is 4.74 Å². The first-order valence-corrected chi connectivity index (χ1v) is 9.46. The minimum absolute atomic E-state index is 0.0352. The molecule has 2 saturated heterocycles. The first-order chi connectivity index (χ1) is 12.6. The number of pyridine rings is 1. The van der Waals surface area contributed by atoms with E-state index in [2.05, 4.69) is 22.1 Å². The Hall–Kier alpha value is -1.99. The van der Waals surface area contributed by atoms with E-state index in [-0.39, 0.29) is 11.8 Å². The first kappa shape index (κ1) is 18.8. The van der Waals surface area contributed by atoms with Crippen LogP contribution in [0.1, 0.15) is 40.5 Å². The third-order valence-electron chi connectivity index (χ3n) is 5.01. The topological polar surface area (TPSA) is 74.8 Å². The molecule has 0 aliphatic carbocycles. The van der Waals surface area contributed by atoms with Crippen molar-refractivity contribution in [1.29, 1.82) is 0 Å². The number of amides is 2. The lowest BCUT2D eigenvalue weighted by Gasteiger charge is -2.31. The molecule has 1 N–H and O–H groups in total. The van der Waals surface area contributed by atoms with Crippen LogP contribution >= 0.6 is 0 Å². The minimum Gasteiger partial charge on any atom is -0.379 e. The number of likely N-dealkylation sites (tertiary alicyclic amines) is 1. The van der Waals surface area contributed by atoms with Gasteiger partial charge in [0.15, 0.2) is 0 Å². The van der Waals surface area contributed by atoms with E-state index in [1.54, 1.807) is 12.3 Å². The average molecular weight is 360 g/mol. The van der Waals surface area contributed by atoms with E-state index in [0.29, 0.717) is 23.6 Å². The Bertz CT molecular complexity index is 631. The van der Waals surface area contributed by atoms with E-state index in [1.807, 2.05) is 4.90 Å². The summed E-state index contributed by atoms with van der Waals surface area (Å²) in [5.41, 5.74) is 0.919. The Kier molecular flexibility index (Phi) is 6.57. The summed E-state index contributed by atoms with van der Waals surface area (Å²) in [7, 11) is 0. The molecule has 26 heavy (non-hydrogen) atoms. The van der Waals surface area contributed by atoms with Gasteiger partial charge in [0.25, 0.3) is 11.8 Å². The summed E-state index contributed by atoms with van der Waals surface area (Å²) in [6, 6.07) is 1.65. The van der Waals surface area contributed by atoms with Crippen molar-refractivity contribution in [3.05, 3.63) is 29.6 Å². The molecular weight excluding hydrogens is 332 g/mol. The summed E-state index contributed by atoms with van der Waals surface area (Å²) in [6.07, 6.45) is 5.25. The molecule has 7 nitrogen and oxygen atoms in total. The number of nitrogens with zero attached hydrogens (tertiary/aromatic N) is 3. The molecule has 3 rings (SSSR count). The molecule has 0 aromatic carbocycles. The number of nitrogens with one attached hydrogen (secondary N) is 1. The summed E-state index contributed by atoms with van der Waals surface area (Å²) in [5, 5.41) is 2.91. The number of piperidine rings is 1. The number of carbonyl (C=O) groups is 2. The molecule has 0 radical (unpaired) electrons. The molecule has 2 aliphatic rings. The quantitative estimate of drug-likeness (QED) is 0.848. The molecule has 1 aromatic rings. The van der Waals surface area contributed by atoms with Crippen molar-refractivity contribution < 1.29 is 14.3 Å². The lowest BCUT2D eigenvalue weighted by Crippen LogP contribution is -2.41. The maximum Gasteiger partial charge on any atom is 0.255 e. The van der Waals surface area contributed by atoms with E-state index in [1.165, 1.54) is 6.20 Å². The molecule has 0 saturated carbocycles. The average Bonchev–Trinajstić information content (AvgIpc) is 2.68. The normalized spacial score (nSPS) is 21.4. The van der Waals surface area contributed by atoms with Gasteiger partial charge in [0.1, 0.15) is 0 Å². The number of hydrogen-bond acceptors (Lipinski definition) is 5. The van der Waals surface area contributed by atoms with Gasteiger partial charge in [-0.25, -0.2) is 0 Å². The highest BCUT2D eigenvalue weighted by atomic mass is 16.5. The largest absolute Gasteiger partial charge is 0.379 e. The van der Waals surface area contributed by atoms with Gasteiger partial charge in [-0.15, -0.1) is 0 Å². The Morgan fingerprint density at radius 2 is 2.00 bits per heavy atom. The first-order valence-electron chi connectivity index (χ1n) is 9.46. The summed E-state index contributed by atoms with van der Waals surface area (Å²) in [4.78, 5) is 33.3. The van der Waals surface area contributed by atoms with Gasteiger partial charge in [0, 0.05) is 51.7 Å². The number of hydrogen-bond donors (Lipinski definition) is 1. The monoisotopic (exact) mass is 360 g/mol. The fourth-order valence-electron chi connectivity index (χ4n) is 3.49. The van der Waals surface area contributed by atoms with Gasteiger partial charge in [-0.3, -0.25) is 19.5 Å². The fraction of sp³-hybridized carbons (Fsp3) is 0.632. The SMILES string of the molecule is CC1CCCN(C(=O)c2cncc(C(=O)NCCN3CCOCC3)c2)C1. The number of rotatable bonds is 5. The number of aromatic nitrogens is 1. The standard InChI is InChI=1S/C19H28N4O3/c1-15-3-2-5-23(14-15)19(25)17-11-16(12-20-13-17)18(24)21-4-6-22-7-9-26-10-8-22/h11-13,15H,2-10,14H2,1H3,(H,21,24). The molecule has 7 heteroatoms. The van der Waals surface area contributed by atoms with Crippen LogP contribution in [-0.2, 0) is 4.74 Å². The minimum atomic E-state index is -0.188. The highest BCUT2D eigenvalue weighted by Crippen LogP contribution is 2.18. The van der Waals surface area contributed by atoms with Crippen molar-refractivity contribution in [2.75, 3.05) is 52.5 Å². The highest BCUT2D eigenvalue weighted by molar-refractivity contribution is 5.99. The van der Waals surface area contributed by atoms with Gasteiger partial charge in [-0.05, 0) is 24.8 Å². The van der Waals surface area contributed by atoms with Crippen molar-refractivity contribution in [1.82, 2.24) is 20.1 Å². The molecule has 0 spiro atoms. The van der Waals surface area contributed by atoms with Crippen molar-refractivity contribution in [2.24, 2.45) is 5.92 Å². The van der Waals surface area contributed by atoms with Crippen LogP contribution in [0.3, 0.4) is 0 Å². The number of ether oxygens (including phenoxy) is 1. The van der Waals surface area contributed by atoms with Gasteiger partial charge in [-0.2, -0.15) is 0 Å². The third kappa shape index (κ3) is 5.02. The summed E-state index contributed by atoms with van der Waals surface area (Å²) >= 11 is 0. The van der Waals surface area contributed by atoms with Crippen LogP contribution in [0.4, 0.5) is 0 Å². The zero-order valence-electron chi connectivity index (χ0n) is 15.4. The Balaban J connectivity index is 1.54. The molecule has 142 valence electrons. The van der Waals surface area contributed by atoms with Gasteiger partial charge in [-0.1, -0.05) is 6.92 Å². The van der Waals surface area contributed by atoms with E-state index in [9.17, 15) is 9.59 Å². The van der Waals surface area contributed by atoms with Gasteiger partial charge >= 0.3 is 0 Å². The van der Waals surface area contributed by atoms with Gasteiger partial charge in [0.2, 0.25) is 0 Å². The molecule has 0 bridgehead atoms. The fourth-order valence-corrected chi connectivity index (χ4v) is 3.49. The van der Waals surface area contributed by atoms with Crippen LogP contribution in [0, 0.1) is 5.92 Å². The molecule has 1 aromatic heterocycles. The van der Waals surface area contributed by atoms with Gasteiger partial charge < -0.3 is 15.0 Å². The molecule has 1 atom stereocenters. The van der Waals surface area contributed by atoms with Crippen molar-refractivity contribution in [3.63, 3.8) is 0 Å². The molecule has 1 unspecified atom stereocenters. The smallest absolute Gasteiger partial charge is 0.255 e. The Labute approximate surface area is 154 Å². The number of carbonyl (C=O) groups excluding carboxylic acids is 2. The maximum absolute atomic E-state index is 12.7. The molecule has 3 heterocycles. The maximum atomic E-state index is 12.7. The van der Waals surface area contributed by atoms with Crippen molar-refractivity contribution >= 4 is 11.8 Å². The Morgan fingerprint density at radius 1 is 1.23 bits per heavy atom. The summed E-state index contributed by atoms with van der Waals surface area (Å²) in [5.74, 6) is 0.298. The molecule has 2 fully saturated rings. The van der Waals surface area contributed by atoms with Crippen LogP contribution < -0.4 is 5.32 Å². The van der Waals surface area contributed by atoms with Crippen molar-refractivity contribution in [2.45, 2.75) is 19.8 Å². The zero-order valence-corrected chi connectivity index (χ0v) is 15.4. The van der Waals surface area contributed by atoms with E-state index in [0.717, 1.165) is 58.8 Å². The summed E-state index contributed by atoms with van der Waals surface area (Å²) in [6.45, 7) is 8.37. The number of morpholine rings is 1. The van der Waals surface area contributed by atoms with E-state index >= 15 is 0 Å². The molecular formula is C19H28N4O3. The van der Waals surface area contributed by atoms with Crippen LogP contribution in [0.25, 0.3) is 0 Å². The van der Waals surface area contributed by atoms with Crippen LogP contribution in [0.2, 0.25) is 0 Å². The molecule has 2 amide bonds. The predicted octanol–water partition coefficient (Wildman–Crippen LogP) is 1.02. The van der Waals surface area contributed by atoms with Crippen molar-refractivity contribution in [3.8, 4) is 0 Å². The predicted molar refractivity (Wildman–Crippen MR) is 98.1 cm³/mol.